The molecular weight excluding hydrogens is 186 g/mol. The molecule has 1 aromatic carbocycles. The third kappa shape index (κ3) is 1.64. The van der Waals surface area contributed by atoms with Crippen LogP contribution in [0.5, 0.6) is 0 Å². The van der Waals surface area contributed by atoms with Gasteiger partial charge in [0, 0.05) is 11.9 Å². The minimum absolute atomic E-state index is 0.200. The van der Waals surface area contributed by atoms with Crippen LogP contribution < -0.4 is 0 Å². The summed E-state index contributed by atoms with van der Waals surface area (Å²) in [6, 6.07) is 9.22. The van der Waals surface area contributed by atoms with Crippen molar-refractivity contribution >= 4 is 0 Å². The summed E-state index contributed by atoms with van der Waals surface area (Å²) in [5.74, 6) is 0. The fourth-order valence-corrected chi connectivity index (χ4v) is 1.19. The molecule has 0 bridgehead atoms. The van der Waals surface area contributed by atoms with Gasteiger partial charge in [-0.1, -0.05) is 18.2 Å². The average molecular weight is 194 g/mol. The van der Waals surface area contributed by atoms with Gasteiger partial charge >= 0.3 is 0 Å². The molecule has 0 radical (unpaired) electrons. The Kier molecular flexibility index (Phi) is 2.26. The van der Waals surface area contributed by atoms with Gasteiger partial charge in [0.1, 0.15) is 5.69 Å². The molecule has 2 rings (SSSR count). The molecule has 0 aliphatic heterocycles. The lowest BCUT2D eigenvalue weighted by molar-refractivity contribution is 0.146. The van der Waals surface area contributed by atoms with E-state index in [-0.39, 0.29) is 5.69 Å². The van der Waals surface area contributed by atoms with Crippen LogP contribution in [0.1, 0.15) is 12.1 Å². The SMILES string of the molecule is FC(F)c1cn(-c2ccccc2)cn1. The Hall–Kier alpha value is -1.71. The van der Waals surface area contributed by atoms with Gasteiger partial charge in [-0.15, -0.1) is 0 Å². The zero-order valence-electron chi connectivity index (χ0n) is 7.27. The summed E-state index contributed by atoms with van der Waals surface area (Å²) in [4.78, 5) is 3.61. The van der Waals surface area contributed by atoms with Gasteiger partial charge in [-0.3, -0.25) is 0 Å². The van der Waals surface area contributed by atoms with Crippen molar-refractivity contribution in [2.75, 3.05) is 0 Å². The molecule has 0 spiro atoms. The first-order valence-corrected chi connectivity index (χ1v) is 4.15. The second-order valence-corrected chi connectivity index (χ2v) is 2.84. The van der Waals surface area contributed by atoms with E-state index in [1.807, 2.05) is 30.3 Å². The molecule has 2 aromatic rings. The summed E-state index contributed by atoms with van der Waals surface area (Å²) in [6.07, 6.45) is 0.205. The number of para-hydroxylation sites is 1. The maximum atomic E-state index is 12.2. The maximum absolute atomic E-state index is 12.2. The van der Waals surface area contributed by atoms with Crippen LogP contribution in [-0.4, -0.2) is 9.55 Å². The number of alkyl halides is 2. The second-order valence-electron chi connectivity index (χ2n) is 2.84. The Bertz CT molecular complexity index is 409. The number of halogens is 2. The highest BCUT2D eigenvalue weighted by atomic mass is 19.3. The summed E-state index contributed by atoms with van der Waals surface area (Å²) in [7, 11) is 0. The normalized spacial score (nSPS) is 10.8. The van der Waals surface area contributed by atoms with E-state index in [2.05, 4.69) is 4.98 Å². The van der Waals surface area contributed by atoms with E-state index >= 15 is 0 Å². The second kappa shape index (κ2) is 3.57. The van der Waals surface area contributed by atoms with Crippen molar-refractivity contribution in [2.24, 2.45) is 0 Å². The predicted molar refractivity (Wildman–Crippen MR) is 48.5 cm³/mol. The van der Waals surface area contributed by atoms with Gasteiger partial charge in [-0.25, -0.2) is 13.8 Å². The van der Waals surface area contributed by atoms with E-state index in [1.165, 1.54) is 12.5 Å². The van der Waals surface area contributed by atoms with Gasteiger partial charge in [0.25, 0.3) is 6.43 Å². The highest BCUT2D eigenvalue weighted by molar-refractivity contribution is 5.31. The fraction of sp³-hybridized carbons (Fsp3) is 0.100. The van der Waals surface area contributed by atoms with Gasteiger partial charge in [0.05, 0.1) is 6.33 Å². The molecule has 2 nitrogen and oxygen atoms in total. The summed E-state index contributed by atoms with van der Waals surface area (Å²) in [5, 5.41) is 0. The van der Waals surface area contributed by atoms with Crippen molar-refractivity contribution in [3.05, 3.63) is 48.5 Å². The van der Waals surface area contributed by atoms with Crippen LogP contribution in [0, 0.1) is 0 Å². The monoisotopic (exact) mass is 194 g/mol. The first-order chi connectivity index (χ1) is 6.77. The molecule has 0 saturated carbocycles. The molecular formula is C10H8F2N2. The molecule has 72 valence electrons. The molecule has 4 heteroatoms. The van der Waals surface area contributed by atoms with Crippen LogP contribution in [0.2, 0.25) is 0 Å². The molecule has 1 heterocycles. The van der Waals surface area contributed by atoms with Crippen molar-refractivity contribution in [1.29, 1.82) is 0 Å². The van der Waals surface area contributed by atoms with Crippen LogP contribution in [0.4, 0.5) is 8.78 Å². The Morgan fingerprint density at radius 2 is 1.86 bits per heavy atom. The molecule has 0 amide bonds. The molecule has 14 heavy (non-hydrogen) atoms. The Labute approximate surface area is 79.8 Å². The van der Waals surface area contributed by atoms with Gasteiger partial charge in [-0.05, 0) is 12.1 Å². The van der Waals surface area contributed by atoms with Gasteiger partial charge < -0.3 is 4.57 Å². The third-order valence-corrected chi connectivity index (χ3v) is 1.88. The Balaban J connectivity index is 2.34. The van der Waals surface area contributed by atoms with Crippen LogP contribution in [-0.2, 0) is 0 Å². The number of hydrogen-bond acceptors (Lipinski definition) is 1. The van der Waals surface area contributed by atoms with Crippen molar-refractivity contribution in [2.45, 2.75) is 6.43 Å². The minimum Gasteiger partial charge on any atom is -0.306 e. The Morgan fingerprint density at radius 3 is 2.43 bits per heavy atom. The number of rotatable bonds is 2. The highest BCUT2D eigenvalue weighted by Crippen LogP contribution is 2.17. The lowest BCUT2D eigenvalue weighted by atomic mass is 10.3. The Morgan fingerprint density at radius 1 is 1.14 bits per heavy atom. The molecule has 0 aliphatic carbocycles. The average Bonchev–Trinajstić information content (AvgIpc) is 2.68. The van der Waals surface area contributed by atoms with Crippen LogP contribution in [0.25, 0.3) is 5.69 Å². The van der Waals surface area contributed by atoms with Gasteiger partial charge in [-0.2, -0.15) is 0 Å². The third-order valence-electron chi connectivity index (χ3n) is 1.88. The smallest absolute Gasteiger partial charge is 0.281 e. The van der Waals surface area contributed by atoms with Gasteiger partial charge in [0.15, 0.2) is 0 Å². The van der Waals surface area contributed by atoms with Crippen LogP contribution in [0.3, 0.4) is 0 Å². The zero-order valence-corrected chi connectivity index (χ0v) is 7.27. The predicted octanol–water partition coefficient (Wildman–Crippen LogP) is 2.81. The minimum atomic E-state index is -2.51. The van der Waals surface area contributed by atoms with E-state index in [0.29, 0.717) is 0 Å². The first kappa shape index (κ1) is 8.87. The highest BCUT2D eigenvalue weighted by Gasteiger charge is 2.10. The topological polar surface area (TPSA) is 17.8 Å². The molecule has 0 saturated heterocycles. The first-order valence-electron chi connectivity index (χ1n) is 4.15. The summed E-state index contributed by atoms with van der Waals surface area (Å²) >= 11 is 0. The molecule has 1 aromatic heterocycles. The quantitative estimate of drug-likeness (QED) is 0.718. The van der Waals surface area contributed by atoms with E-state index in [4.69, 9.17) is 0 Å². The van der Waals surface area contributed by atoms with Crippen molar-refractivity contribution in [1.82, 2.24) is 9.55 Å². The number of hydrogen-bond donors (Lipinski definition) is 0. The van der Waals surface area contributed by atoms with E-state index in [9.17, 15) is 8.78 Å². The lowest BCUT2D eigenvalue weighted by Gasteiger charge is -1.99. The number of imidazole rings is 1. The summed E-state index contributed by atoms with van der Waals surface area (Å²) in [6.45, 7) is 0. The molecule has 0 unspecified atom stereocenters. The summed E-state index contributed by atoms with van der Waals surface area (Å²) < 4.78 is 26.0. The molecule has 0 aliphatic rings. The number of benzene rings is 1. The summed E-state index contributed by atoms with van der Waals surface area (Å²) in [5.41, 5.74) is 0.626. The molecule has 0 N–H and O–H groups in total. The largest absolute Gasteiger partial charge is 0.306 e. The van der Waals surface area contributed by atoms with E-state index < -0.39 is 6.43 Å². The van der Waals surface area contributed by atoms with E-state index in [0.717, 1.165) is 5.69 Å². The van der Waals surface area contributed by atoms with Crippen molar-refractivity contribution < 1.29 is 8.78 Å². The number of aromatic nitrogens is 2. The fourth-order valence-electron chi connectivity index (χ4n) is 1.19. The maximum Gasteiger partial charge on any atom is 0.281 e. The molecule has 0 fully saturated rings. The zero-order chi connectivity index (χ0) is 9.97. The van der Waals surface area contributed by atoms with Crippen molar-refractivity contribution in [3.8, 4) is 5.69 Å². The number of nitrogens with zero attached hydrogens (tertiary/aromatic N) is 2. The standard InChI is InChI=1S/C10H8F2N2/c11-10(12)9-6-14(7-13-9)8-4-2-1-3-5-8/h1-7,10H. The molecule has 0 atom stereocenters. The van der Waals surface area contributed by atoms with E-state index in [1.54, 1.807) is 4.57 Å². The van der Waals surface area contributed by atoms with Crippen molar-refractivity contribution in [3.63, 3.8) is 0 Å². The van der Waals surface area contributed by atoms with Gasteiger partial charge in [0.2, 0.25) is 0 Å². The van der Waals surface area contributed by atoms with Crippen LogP contribution >= 0.6 is 0 Å². The lowest BCUT2D eigenvalue weighted by Crippen LogP contribution is -1.88. The van der Waals surface area contributed by atoms with Crippen LogP contribution in [0.15, 0.2) is 42.9 Å².